The van der Waals surface area contributed by atoms with Gasteiger partial charge in [0.2, 0.25) is 0 Å². The van der Waals surface area contributed by atoms with Crippen LogP contribution in [0.4, 0.5) is 0 Å². The van der Waals surface area contributed by atoms with Gasteiger partial charge in [-0.25, -0.2) is 0 Å². The van der Waals surface area contributed by atoms with Crippen molar-refractivity contribution in [2.45, 2.75) is 70.8 Å². The first-order valence-electron chi connectivity index (χ1n) is 8.91. The molecule has 0 aromatic rings. The monoisotopic (exact) mass is 422 g/mol. The molecule has 0 amide bonds. The molecule has 0 radical (unpaired) electrons. The molecule has 1 saturated heterocycles. The minimum absolute atomic E-state index is 0. The van der Waals surface area contributed by atoms with Crippen LogP contribution in [-0.4, -0.2) is 42.6 Å². The Morgan fingerprint density at radius 1 is 1.09 bits per heavy atom. The molecule has 3 N–H and O–H groups in total. The minimum Gasteiger partial charge on any atom is -0.370 e. The van der Waals surface area contributed by atoms with Gasteiger partial charge >= 0.3 is 0 Å². The number of guanidine groups is 1. The van der Waals surface area contributed by atoms with Gasteiger partial charge in [-0.1, -0.05) is 39.5 Å². The molecular weight excluding hydrogens is 387 g/mol. The van der Waals surface area contributed by atoms with Crippen LogP contribution in [0.25, 0.3) is 0 Å². The molecule has 0 unspecified atom stereocenters. The standard InChI is InChI=1S/C17H34N4.HI/c1-15(2)13-19-16(18)20-14-17(9-5-3-6-10-17)21-11-7-4-8-12-21;/h15H,3-14H2,1-2H3,(H3,18,19,20);1H. The molecule has 1 heterocycles. The maximum absolute atomic E-state index is 6.05. The van der Waals surface area contributed by atoms with E-state index in [9.17, 15) is 0 Å². The zero-order valence-corrected chi connectivity index (χ0v) is 16.8. The fraction of sp³-hybridized carbons (Fsp3) is 0.941. The Hall–Kier alpha value is -0.0400. The van der Waals surface area contributed by atoms with Gasteiger partial charge in [0, 0.05) is 12.1 Å². The Labute approximate surface area is 153 Å². The van der Waals surface area contributed by atoms with Crippen molar-refractivity contribution < 1.29 is 0 Å². The second-order valence-electron chi connectivity index (χ2n) is 7.31. The van der Waals surface area contributed by atoms with Crippen molar-refractivity contribution in [2.75, 3.05) is 26.2 Å². The fourth-order valence-electron chi connectivity index (χ4n) is 3.75. The Morgan fingerprint density at radius 3 is 2.27 bits per heavy atom. The van der Waals surface area contributed by atoms with Crippen molar-refractivity contribution in [3.05, 3.63) is 0 Å². The lowest BCUT2D eigenvalue weighted by Gasteiger charge is -2.47. The first-order chi connectivity index (χ1) is 10.1. The third kappa shape index (κ3) is 5.87. The Kier molecular flexibility index (Phi) is 9.05. The maximum Gasteiger partial charge on any atom is 0.188 e. The smallest absolute Gasteiger partial charge is 0.188 e. The largest absolute Gasteiger partial charge is 0.370 e. The van der Waals surface area contributed by atoms with Gasteiger partial charge in [-0.15, -0.1) is 24.0 Å². The maximum atomic E-state index is 6.05. The minimum atomic E-state index is 0. The number of hydrogen-bond acceptors (Lipinski definition) is 2. The van der Waals surface area contributed by atoms with Crippen LogP contribution in [0, 0.1) is 5.92 Å². The van der Waals surface area contributed by atoms with E-state index < -0.39 is 0 Å². The third-order valence-corrected chi connectivity index (χ3v) is 5.05. The van der Waals surface area contributed by atoms with Crippen molar-refractivity contribution in [3.63, 3.8) is 0 Å². The molecule has 1 saturated carbocycles. The zero-order valence-electron chi connectivity index (χ0n) is 14.4. The number of halogens is 1. The molecule has 130 valence electrons. The molecule has 0 aromatic carbocycles. The van der Waals surface area contributed by atoms with E-state index in [4.69, 9.17) is 10.7 Å². The highest BCUT2D eigenvalue weighted by Crippen LogP contribution is 2.35. The molecule has 2 fully saturated rings. The summed E-state index contributed by atoms with van der Waals surface area (Å²) in [5.41, 5.74) is 6.34. The number of rotatable bonds is 5. The second-order valence-corrected chi connectivity index (χ2v) is 7.31. The average Bonchev–Trinajstić information content (AvgIpc) is 2.52. The molecule has 2 rings (SSSR count). The Balaban J connectivity index is 0.00000242. The van der Waals surface area contributed by atoms with Gasteiger partial charge in [-0.05, 0) is 44.7 Å². The van der Waals surface area contributed by atoms with Crippen molar-refractivity contribution in [2.24, 2.45) is 16.6 Å². The number of nitrogens with two attached hydrogens (primary N) is 1. The van der Waals surface area contributed by atoms with Crippen LogP contribution >= 0.6 is 24.0 Å². The highest BCUT2D eigenvalue weighted by molar-refractivity contribution is 14.0. The van der Waals surface area contributed by atoms with Gasteiger partial charge in [0.05, 0.1) is 6.54 Å². The van der Waals surface area contributed by atoms with Crippen LogP contribution < -0.4 is 11.1 Å². The summed E-state index contributed by atoms with van der Waals surface area (Å²) in [6, 6.07) is 0. The highest BCUT2D eigenvalue weighted by atomic mass is 127. The number of likely N-dealkylation sites (tertiary alicyclic amines) is 1. The van der Waals surface area contributed by atoms with Crippen LogP contribution in [0.3, 0.4) is 0 Å². The van der Waals surface area contributed by atoms with Crippen molar-refractivity contribution in [1.82, 2.24) is 10.2 Å². The summed E-state index contributed by atoms with van der Waals surface area (Å²) in [6.45, 7) is 8.69. The molecule has 4 nitrogen and oxygen atoms in total. The predicted molar refractivity (Wildman–Crippen MR) is 106 cm³/mol. The number of aliphatic imine (C=N–C) groups is 1. The lowest BCUT2D eigenvalue weighted by Crippen LogP contribution is -2.54. The number of nitrogens with one attached hydrogen (secondary N) is 1. The van der Waals surface area contributed by atoms with Gasteiger partial charge in [0.15, 0.2) is 5.96 Å². The van der Waals surface area contributed by atoms with E-state index in [0.29, 0.717) is 17.4 Å². The van der Waals surface area contributed by atoms with Crippen LogP contribution in [0.1, 0.15) is 65.2 Å². The van der Waals surface area contributed by atoms with Gasteiger partial charge in [-0.2, -0.15) is 0 Å². The summed E-state index contributed by atoms with van der Waals surface area (Å²) < 4.78 is 0. The van der Waals surface area contributed by atoms with E-state index in [1.54, 1.807) is 0 Å². The van der Waals surface area contributed by atoms with E-state index in [-0.39, 0.29) is 24.0 Å². The molecule has 0 bridgehead atoms. The predicted octanol–water partition coefficient (Wildman–Crippen LogP) is 3.35. The molecule has 1 aliphatic carbocycles. The van der Waals surface area contributed by atoms with Crippen LogP contribution in [-0.2, 0) is 0 Å². The number of nitrogens with zero attached hydrogens (tertiary/aromatic N) is 2. The molecule has 2 aliphatic rings. The molecule has 1 aliphatic heterocycles. The lowest BCUT2D eigenvalue weighted by atomic mass is 9.79. The van der Waals surface area contributed by atoms with Crippen LogP contribution in [0.5, 0.6) is 0 Å². The van der Waals surface area contributed by atoms with E-state index in [1.807, 2.05) is 0 Å². The summed E-state index contributed by atoms with van der Waals surface area (Å²) in [7, 11) is 0. The normalized spacial score (nSPS) is 23.1. The van der Waals surface area contributed by atoms with Crippen LogP contribution in [0.2, 0.25) is 0 Å². The lowest BCUT2D eigenvalue weighted by molar-refractivity contribution is 0.0407. The number of piperidine rings is 1. The van der Waals surface area contributed by atoms with Crippen molar-refractivity contribution in [3.8, 4) is 0 Å². The average molecular weight is 422 g/mol. The SMILES string of the molecule is CC(C)CNC(N)=NCC1(N2CCCCC2)CCCCC1.I. The first-order valence-corrected chi connectivity index (χ1v) is 8.91. The Morgan fingerprint density at radius 2 is 1.68 bits per heavy atom. The van der Waals surface area contributed by atoms with Gasteiger partial charge < -0.3 is 11.1 Å². The van der Waals surface area contributed by atoms with E-state index >= 15 is 0 Å². The summed E-state index contributed by atoms with van der Waals surface area (Å²) >= 11 is 0. The molecular formula is C17H35IN4. The number of hydrogen-bond donors (Lipinski definition) is 2. The van der Waals surface area contributed by atoms with E-state index in [2.05, 4.69) is 24.1 Å². The summed E-state index contributed by atoms with van der Waals surface area (Å²) in [6.07, 6.45) is 10.8. The summed E-state index contributed by atoms with van der Waals surface area (Å²) in [5, 5.41) is 3.25. The summed E-state index contributed by atoms with van der Waals surface area (Å²) in [4.78, 5) is 7.44. The van der Waals surface area contributed by atoms with E-state index in [0.717, 1.165) is 13.1 Å². The third-order valence-electron chi connectivity index (χ3n) is 5.05. The molecule has 22 heavy (non-hydrogen) atoms. The van der Waals surface area contributed by atoms with Crippen molar-refractivity contribution in [1.29, 1.82) is 0 Å². The van der Waals surface area contributed by atoms with E-state index in [1.165, 1.54) is 64.5 Å². The quantitative estimate of drug-likeness (QED) is 0.406. The molecule has 0 spiro atoms. The Bertz CT molecular complexity index is 332. The van der Waals surface area contributed by atoms with Gasteiger partial charge in [0.25, 0.3) is 0 Å². The van der Waals surface area contributed by atoms with Crippen molar-refractivity contribution >= 4 is 29.9 Å². The molecule has 0 atom stereocenters. The molecule has 5 heteroatoms. The highest BCUT2D eigenvalue weighted by Gasteiger charge is 2.38. The fourth-order valence-corrected chi connectivity index (χ4v) is 3.75. The topological polar surface area (TPSA) is 53.6 Å². The van der Waals surface area contributed by atoms with Gasteiger partial charge in [0.1, 0.15) is 0 Å². The second kappa shape index (κ2) is 9.96. The van der Waals surface area contributed by atoms with Crippen LogP contribution in [0.15, 0.2) is 4.99 Å². The van der Waals surface area contributed by atoms with Gasteiger partial charge in [-0.3, -0.25) is 9.89 Å². The summed E-state index contributed by atoms with van der Waals surface area (Å²) in [5.74, 6) is 1.23. The molecule has 0 aromatic heterocycles. The first kappa shape index (κ1) is 20.0. The zero-order chi connectivity index (χ0) is 15.1.